The van der Waals surface area contributed by atoms with Gasteiger partial charge in [-0.3, -0.25) is 14.4 Å². The molecule has 1 N–H and O–H groups in total. The Morgan fingerprint density at radius 2 is 1.80 bits per heavy atom. The van der Waals surface area contributed by atoms with Gasteiger partial charge in [0, 0.05) is 18.7 Å². The number of carbonyl (C=O) groups is 3. The van der Waals surface area contributed by atoms with Gasteiger partial charge in [0.15, 0.2) is 6.61 Å². The summed E-state index contributed by atoms with van der Waals surface area (Å²) in [4.78, 5) is 38.8. The van der Waals surface area contributed by atoms with Crippen molar-refractivity contribution in [2.75, 3.05) is 30.0 Å². The molecule has 3 rings (SSSR count). The van der Waals surface area contributed by atoms with Crippen molar-refractivity contribution in [3.63, 3.8) is 0 Å². The van der Waals surface area contributed by atoms with Crippen molar-refractivity contribution in [3.05, 3.63) is 53.6 Å². The lowest BCUT2D eigenvalue weighted by molar-refractivity contribution is -0.151. The third-order valence-electron chi connectivity index (χ3n) is 4.97. The van der Waals surface area contributed by atoms with Crippen LogP contribution in [-0.2, 0) is 19.1 Å². The van der Waals surface area contributed by atoms with Crippen molar-refractivity contribution in [3.8, 4) is 5.75 Å². The second kappa shape index (κ2) is 9.43. The first-order chi connectivity index (χ1) is 14.4. The Morgan fingerprint density at radius 3 is 2.50 bits per heavy atom. The van der Waals surface area contributed by atoms with Crippen LogP contribution in [0, 0.1) is 19.8 Å². The minimum absolute atomic E-state index is 0.0708. The number of carbonyl (C=O) groups excluding carboxylic acids is 3. The van der Waals surface area contributed by atoms with Crippen LogP contribution >= 0.6 is 0 Å². The second-order valence-electron chi connectivity index (χ2n) is 7.23. The van der Waals surface area contributed by atoms with Crippen molar-refractivity contribution in [1.29, 1.82) is 0 Å². The maximum Gasteiger partial charge on any atom is 0.311 e. The fourth-order valence-corrected chi connectivity index (χ4v) is 3.61. The summed E-state index contributed by atoms with van der Waals surface area (Å²) in [6.07, 6.45) is 0.0708. The Labute approximate surface area is 176 Å². The van der Waals surface area contributed by atoms with Crippen LogP contribution in [0.15, 0.2) is 42.5 Å². The standard InChI is InChI=1S/C23H26N2O5/c1-4-29-19-11-6-5-10-18(19)24-20(26)14-30-23(28)17-12-21(27)25(13-17)22-15(2)8-7-9-16(22)3/h5-11,17H,4,12-14H2,1-3H3,(H,24,26)/t17-/m0/s1. The summed E-state index contributed by atoms with van der Waals surface area (Å²) < 4.78 is 10.6. The molecular weight excluding hydrogens is 384 g/mol. The minimum Gasteiger partial charge on any atom is -0.492 e. The molecule has 1 fully saturated rings. The molecule has 2 amide bonds. The van der Waals surface area contributed by atoms with Crippen LogP contribution in [0.3, 0.4) is 0 Å². The van der Waals surface area contributed by atoms with Gasteiger partial charge < -0.3 is 19.7 Å². The van der Waals surface area contributed by atoms with Crippen LogP contribution < -0.4 is 15.0 Å². The van der Waals surface area contributed by atoms with E-state index in [0.29, 0.717) is 18.0 Å². The van der Waals surface area contributed by atoms with E-state index >= 15 is 0 Å². The Kier molecular flexibility index (Phi) is 6.72. The summed E-state index contributed by atoms with van der Waals surface area (Å²) in [7, 11) is 0. The van der Waals surface area contributed by atoms with Gasteiger partial charge in [0.2, 0.25) is 5.91 Å². The number of rotatable bonds is 7. The summed E-state index contributed by atoms with van der Waals surface area (Å²) in [6.45, 7) is 6.02. The Bertz CT molecular complexity index is 936. The summed E-state index contributed by atoms with van der Waals surface area (Å²) in [5.41, 5.74) is 3.30. The first kappa shape index (κ1) is 21.4. The number of anilines is 2. The normalized spacial score (nSPS) is 15.8. The highest BCUT2D eigenvalue weighted by molar-refractivity contribution is 6.01. The van der Waals surface area contributed by atoms with E-state index in [2.05, 4.69) is 5.32 Å². The average Bonchev–Trinajstić information content (AvgIpc) is 3.09. The predicted molar refractivity (Wildman–Crippen MR) is 114 cm³/mol. The molecular formula is C23H26N2O5. The van der Waals surface area contributed by atoms with Gasteiger partial charge in [-0.25, -0.2) is 0 Å². The van der Waals surface area contributed by atoms with Crippen LogP contribution in [0.5, 0.6) is 5.75 Å². The average molecular weight is 410 g/mol. The number of amides is 2. The third-order valence-corrected chi connectivity index (χ3v) is 4.97. The number of hydrogen-bond acceptors (Lipinski definition) is 5. The van der Waals surface area contributed by atoms with E-state index in [1.165, 1.54) is 0 Å². The molecule has 2 aromatic carbocycles. The minimum atomic E-state index is -0.597. The van der Waals surface area contributed by atoms with Gasteiger partial charge in [-0.05, 0) is 44.0 Å². The SMILES string of the molecule is CCOc1ccccc1NC(=O)COC(=O)[C@H]1CC(=O)N(c2c(C)cccc2C)C1. The summed E-state index contributed by atoms with van der Waals surface area (Å²) >= 11 is 0. The molecule has 0 unspecified atom stereocenters. The molecule has 158 valence electrons. The van der Waals surface area contributed by atoms with Crippen molar-refractivity contribution in [2.45, 2.75) is 27.2 Å². The Morgan fingerprint density at radius 1 is 1.10 bits per heavy atom. The maximum absolute atomic E-state index is 12.5. The monoisotopic (exact) mass is 410 g/mol. The number of hydrogen-bond donors (Lipinski definition) is 1. The quantitative estimate of drug-likeness (QED) is 0.709. The van der Waals surface area contributed by atoms with Gasteiger partial charge in [-0.15, -0.1) is 0 Å². The highest BCUT2D eigenvalue weighted by Gasteiger charge is 2.37. The zero-order chi connectivity index (χ0) is 21.7. The van der Waals surface area contributed by atoms with E-state index in [1.54, 1.807) is 29.2 Å². The molecule has 7 nitrogen and oxygen atoms in total. The third kappa shape index (κ3) is 4.79. The molecule has 30 heavy (non-hydrogen) atoms. The second-order valence-corrected chi connectivity index (χ2v) is 7.23. The molecule has 0 aromatic heterocycles. The van der Waals surface area contributed by atoms with Crippen LogP contribution in [0.4, 0.5) is 11.4 Å². The molecule has 1 aliphatic rings. The molecule has 0 radical (unpaired) electrons. The van der Waals surface area contributed by atoms with Crippen molar-refractivity contribution in [1.82, 2.24) is 0 Å². The zero-order valence-corrected chi connectivity index (χ0v) is 17.4. The van der Waals surface area contributed by atoms with Gasteiger partial charge >= 0.3 is 5.97 Å². The number of benzene rings is 2. The lowest BCUT2D eigenvalue weighted by Gasteiger charge is -2.21. The van der Waals surface area contributed by atoms with E-state index in [4.69, 9.17) is 9.47 Å². The van der Waals surface area contributed by atoms with Gasteiger partial charge in [0.25, 0.3) is 5.91 Å². The topological polar surface area (TPSA) is 84.9 Å². The van der Waals surface area contributed by atoms with Gasteiger partial charge in [-0.2, -0.15) is 0 Å². The van der Waals surface area contributed by atoms with Crippen LogP contribution in [0.25, 0.3) is 0 Å². The van der Waals surface area contributed by atoms with Crippen molar-refractivity contribution >= 4 is 29.2 Å². The number of nitrogens with one attached hydrogen (secondary N) is 1. The smallest absolute Gasteiger partial charge is 0.311 e. The zero-order valence-electron chi connectivity index (χ0n) is 17.4. The molecule has 7 heteroatoms. The fourth-order valence-electron chi connectivity index (χ4n) is 3.61. The first-order valence-electron chi connectivity index (χ1n) is 9.95. The van der Waals surface area contributed by atoms with E-state index in [0.717, 1.165) is 16.8 Å². The molecule has 1 atom stereocenters. The van der Waals surface area contributed by atoms with Crippen LogP contribution in [0.2, 0.25) is 0 Å². The Balaban J connectivity index is 1.57. The molecule has 0 bridgehead atoms. The first-order valence-corrected chi connectivity index (χ1v) is 9.95. The summed E-state index contributed by atoms with van der Waals surface area (Å²) in [5, 5.41) is 2.68. The summed E-state index contributed by atoms with van der Waals surface area (Å²) in [5.74, 6) is -1.19. The number of nitrogens with zero attached hydrogens (tertiary/aromatic N) is 1. The van der Waals surface area contributed by atoms with E-state index in [9.17, 15) is 14.4 Å². The molecule has 1 aliphatic heterocycles. The molecule has 2 aromatic rings. The van der Waals surface area contributed by atoms with E-state index in [1.807, 2.05) is 39.0 Å². The Hall–Kier alpha value is -3.35. The van der Waals surface area contributed by atoms with Crippen molar-refractivity contribution in [2.24, 2.45) is 5.92 Å². The molecule has 0 aliphatic carbocycles. The van der Waals surface area contributed by atoms with Crippen molar-refractivity contribution < 1.29 is 23.9 Å². The van der Waals surface area contributed by atoms with Crippen LogP contribution in [0.1, 0.15) is 24.5 Å². The molecule has 1 saturated heterocycles. The largest absolute Gasteiger partial charge is 0.492 e. The van der Waals surface area contributed by atoms with Gasteiger partial charge in [0.1, 0.15) is 5.75 Å². The number of ether oxygens (including phenoxy) is 2. The highest BCUT2D eigenvalue weighted by atomic mass is 16.5. The van der Waals surface area contributed by atoms with Crippen LogP contribution in [-0.4, -0.2) is 37.5 Å². The summed E-state index contributed by atoms with van der Waals surface area (Å²) in [6, 6.07) is 12.8. The van der Waals surface area contributed by atoms with Gasteiger partial charge in [0.05, 0.1) is 18.2 Å². The fraction of sp³-hybridized carbons (Fsp3) is 0.348. The number of aryl methyl sites for hydroxylation is 2. The highest BCUT2D eigenvalue weighted by Crippen LogP contribution is 2.31. The molecule has 0 spiro atoms. The molecule has 0 saturated carbocycles. The lowest BCUT2D eigenvalue weighted by atomic mass is 10.1. The lowest BCUT2D eigenvalue weighted by Crippen LogP contribution is -2.29. The van der Waals surface area contributed by atoms with Gasteiger partial charge in [-0.1, -0.05) is 30.3 Å². The predicted octanol–water partition coefficient (Wildman–Crippen LogP) is 3.24. The van der Waals surface area contributed by atoms with E-state index in [-0.39, 0.29) is 18.9 Å². The number of esters is 1. The number of para-hydroxylation sites is 3. The molecule has 1 heterocycles. The van der Waals surface area contributed by atoms with E-state index < -0.39 is 24.4 Å². The maximum atomic E-state index is 12.5.